The first-order valence-electron chi connectivity index (χ1n) is 6.89. The van der Waals surface area contributed by atoms with E-state index in [4.69, 9.17) is 5.73 Å². The molecule has 2 nitrogen and oxygen atoms in total. The zero-order chi connectivity index (χ0) is 12.7. The van der Waals surface area contributed by atoms with Gasteiger partial charge in [-0.25, -0.2) is 0 Å². The summed E-state index contributed by atoms with van der Waals surface area (Å²) in [6, 6.07) is 6.18. The number of hydrogen-bond donors (Lipinski definition) is 1. The minimum atomic E-state index is 0.870. The van der Waals surface area contributed by atoms with Crippen molar-refractivity contribution in [2.45, 2.75) is 25.7 Å². The Morgan fingerprint density at radius 2 is 2.17 bits per heavy atom. The van der Waals surface area contributed by atoms with E-state index in [1.165, 1.54) is 31.4 Å². The Bertz CT molecular complexity index is 446. The molecule has 3 atom stereocenters. The monoisotopic (exact) mass is 308 g/mol. The van der Waals surface area contributed by atoms with Crippen LogP contribution in [0.1, 0.15) is 25.7 Å². The van der Waals surface area contributed by atoms with Crippen molar-refractivity contribution < 1.29 is 0 Å². The van der Waals surface area contributed by atoms with Crippen molar-refractivity contribution >= 4 is 27.3 Å². The third-order valence-corrected chi connectivity index (χ3v) is 5.29. The van der Waals surface area contributed by atoms with Gasteiger partial charge in [0.05, 0.1) is 11.4 Å². The summed E-state index contributed by atoms with van der Waals surface area (Å²) in [6.07, 6.45) is 5.85. The molecule has 2 saturated carbocycles. The van der Waals surface area contributed by atoms with Crippen molar-refractivity contribution in [1.82, 2.24) is 0 Å². The van der Waals surface area contributed by atoms with E-state index in [0.29, 0.717) is 0 Å². The van der Waals surface area contributed by atoms with Gasteiger partial charge >= 0.3 is 0 Å². The Balaban J connectivity index is 1.69. The van der Waals surface area contributed by atoms with Crippen molar-refractivity contribution in [3.05, 3.63) is 22.7 Å². The lowest BCUT2D eigenvalue weighted by Gasteiger charge is -2.29. The van der Waals surface area contributed by atoms with E-state index in [1.807, 2.05) is 6.07 Å². The summed E-state index contributed by atoms with van der Waals surface area (Å²) in [5, 5.41) is 0. The number of fused-ring (bicyclic) bond motifs is 2. The number of nitrogens with two attached hydrogens (primary N) is 1. The van der Waals surface area contributed by atoms with Gasteiger partial charge in [-0.1, -0.05) is 22.4 Å². The number of rotatable bonds is 3. The minimum absolute atomic E-state index is 0.870. The second kappa shape index (κ2) is 4.76. The number of anilines is 2. The first-order valence-corrected chi connectivity index (χ1v) is 7.69. The zero-order valence-electron chi connectivity index (χ0n) is 10.9. The molecular weight excluding hydrogens is 288 g/mol. The van der Waals surface area contributed by atoms with Gasteiger partial charge in [-0.2, -0.15) is 0 Å². The molecule has 2 bridgehead atoms. The second-order valence-corrected chi connectivity index (χ2v) is 6.93. The van der Waals surface area contributed by atoms with Gasteiger partial charge < -0.3 is 10.6 Å². The summed E-state index contributed by atoms with van der Waals surface area (Å²) in [7, 11) is 2.17. The van der Waals surface area contributed by atoms with Crippen LogP contribution in [0.5, 0.6) is 0 Å². The summed E-state index contributed by atoms with van der Waals surface area (Å²) in [5.41, 5.74) is 8.14. The van der Waals surface area contributed by atoms with Crippen molar-refractivity contribution in [2.24, 2.45) is 17.8 Å². The highest BCUT2D eigenvalue weighted by atomic mass is 79.9. The van der Waals surface area contributed by atoms with Crippen molar-refractivity contribution in [2.75, 3.05) is 24.2 Å². The quantitative estimate of drug-likeness (QED) is 0.858. The molecule has 3 unspecified atom stereocenters. The lowest BCUT2D eigenvalue weighted by atomic mass is 9.88. The van der Waals surface area contributed by atoms with E-state index in [0.717, 1.165) is 34.5 Å². The average Bonchev–Trinajstić information content (AvgIpc) is 2.90. The molecule has 2 N–H and O–H groups in total. The third-order valence-electron chi connectivity index (χ3n) is 4.79. The van der Waals surface area contributed by atoms with Gasteiger partial charge in [0.2, 0.25) is 0 Å². The SMILES string of the molecule is CN(CC1CC2CCC1C2)c1ccc(Br)cc1N. The Morgan fingerprint density at radius 3 is 2.78 bits per heavy atom. The largest absolute Gasteiger partial charge is 0.397 e. The maximum atomic E-state index is 6.10. The van der Waals surface area contributed by atoms with E-state index in [9.17, 15) is 0 Å². The average molecular weight is 309 g/mol. The van der Waals surface area contributed by atoms with Crippen molar-refractivity contribution in [3.8, 4) is 0 Å². The molecular formula is C15H21BrN2. The van der Waals surface area contributed by atoms with Crippen LogP contribution in [0.4, 0.5) is 11.4 Å². The van der Waals surface area contributed by atoms with E-state index in [-0.39, 0.29) is 0 Å². The first-order chi connectivity index (χ1) is 8.63. The molecule has 98 valence electrons. The third kappa shape index (κ3) is 2.25. The molecule has 0 amide bonds. The van der Waals surface area contributed by atoms with Gasteiger partial charge in [0.25, 0.3) is 0 Å². The van der Waals surface area contributed by atoms with Gasteiger partial charge in [0.15, 0.2) is 0 Å². The number of hydrogen-bond acceptors (Lipinski definition) is 2. The zero-order valence-corrected chi connectivity index (χ0v) is 12.5. The van der Waals surface area contributed by atoms with Crippen molar-refractivity contribution in [3.63, 3.8) is 0 Å². The Labute approximate surface area is 118 Å². The Kier molecular flexibility index (Phi) is 3.27. The summed E-state index contributed by atoms with van der Waals surface area (Å²) in [5.74, 6) is 2.89. The molecule has 0 radical (unpaired) electrons. The maximum absolute atomic E-state index is 6.10. The fourth-order valence-corrected chi connectivity index (χ4v) is 4.30. The van der Waals surface area contributed by atoms with Gasteiger partial charge in [-0.05, 0) is 55.2 Å². The molecule has 3 heteroatoms. The van der Waals surface area contributed by atoms with Gasteiger partial charge in [0.1, 0.15) is 0 Å². The van der Waals surface area contributed by atoms with Gasteiger partial charge in [0, 0.05) is 18.1 Å². The van der Waals surface area contributed by atoms with Gasteiger partial charge in [-0.15, -0.1) is 0 Å². The van der Waals surface area contributed by atoms with Crippen LogP contribution in [-0.2, 0) is 0 Å². The molecule has 1 aromatic carbocycles. The molecule has 2 aliphatic rings. The fourth-order valence-electron chi connectivity index (χ4n) is 3.92. The topological polar surface area (TPSA) is 29.3 Å². The first kappa shape index (κ1) is 12.3. The lowest BCUT2D eigenvalue weighted by Crippen LogP contribution is -2.29. The second-order valence-electron chi connectivity index (χ2n) is 6.02. The molecule has 3 rings (SSSR count). The smallest absolute Gasteiger partial charge is 0.0598 e. The summed E-state index contributed by atoms with van der Waals surface area (Å²) in [4.78, 5) is 2.34. The van der Waals surface area contributed by atoms with E-state index >= 15 is 0 Å². The van der Waals surface area contributed by atoms with Crippen LogP contribution < -0.4 is 10.6 Å². The lowest BCUT2D eigenvalue weighted by molar-refractivity contribution is 0.337. The number of nitrogen functional groups attached to an aromatic ring is 1. The van der Waals surface area contributed by atoms with Gasteiger partial charge in [-0.3, -0.25) is 0 Å². The van der Waals surface area contributed by atoms with Crippen molar-refractivity contribution in [1.29, 1.82) is 0 Å². The molecule has 0 spiro atoms. The van der Waals surface area contributed by atoms with E-state index in [2.05, 4.69) is 40.0 Å². The molecule has 2 aliphatic carbocycles. The highest BCUT2D eigenvalue weighted by Crippen LogP contribution is 2.48. The molecule has 2 fully saturated rings. The van der Waals surface area contributed by atoms with E-state index < -0.39 is 0 Å². The normalized spacial score (nSPS) is 29.8. The molecule has 0 aromatic heterocycles. The molecule has 18 heavy (non-hydrogen) atoms. The predicted octanol–water partition coefficient (Wildman–Crippen LogP) is 3.90. The predicted molar refractivity (Wildman–Crippen MR) is 80.8 cm³/mol. The van der Waals surface area contributed by atoms with Crippen LogP contribution in [-0.4, -0.2) is 13.6 Å². The minimum Gasteiger partial charge on any atom is -0.397 e. The summed E-state index contributed by atoms with van der Waals surface area (Å²) in [6.45, 7) is 1.16. The van der Waals surface area contributed by atoms with Crippen LogP contribution in [0.3, 0.4) is 0 Å². The van der Waals surface area contributed by atoms with Crippen LogP contribution in [0.2, 0.25) is 0 Å². The summed E-state index contributed by atoms with van der Waals surface area (Å²) >= 11 is 3.46. The maximum Gasteiger partial charge on any atom is 0.0598 e. The molecule has 0 aliphatic heterocycles. The molecule has 0 heterocycles. The number of halogens is 1. The van der Waals surface area contributed by atoms with Crippen LogP contribution >= 0.6 is 15.9 Å². The molecule has 1 aromatic rings. The number of nitrogens with zero attached hydrogens (tertiary/aromatic N) is 1. The Morgan fingerprint density at radius 1 is 1.33 bits per heavy atom. The standard InChI is InChI=1S/C15H21BrN2/c1-18(15-5-4-13(16)8-14(15)17)9-12-7-10-2-3-11(12)6-10/h4-5,8,10-12H,2-3,6-7,9,17H2,1H3. The molecule has 0 saturated heterocycles. The van der Waals surface area contributed by atoms with Crippen LogP contribution in [0, 0.1) is 17.8 Å². The van der Waals surface area contributed by atoms with E-state index in [1.54, 1.807) is 0 Å². The summed E-state index contributed by atoms with van der Waals surface area (Å²) < 4.78 is 1.05. The fraction of sp³-hybridized carbons (Fsp3) is 0.600. The Hall–Kier alpha value is -0.700. The highest BCUT2D eigenvalue weighted by Gasteiger charge is 2.39. The highest BCUT2D eigenvalue weighted by molar-refractivity contribution is 9.10. The van der Waals surface area contributed by atoms with Crippen LogP contribution in [0.25, 0.3) is 0 Å². The number of benzene rings is 1. The van der Waals surface area contributed by atoms with Crippen LogP contribution in [0.15, 0.2) is 22.7 Å².